The molecule has 0 fully saturated rings. The van der Waals surface area contributed by atoms with E-state index in [0.29, 0.717) is 18.8 Å². The fourth-order valence-electron chi connectivity index (χ4n) is 3.49. The van der Waals surface area contributed by atoms with E-state index >= 15 is 0 Å². The van der Waals surface area contributed by atoms with Crippen LogP contribution in [-0.4, -0.2) is 26.1 Å². The zero-order valence-electron chi connectivity index (χ0n) is 13.9. The number of aromatic amines is 1. The van der Waals surface area contributed by atoms with Gasteiger partial charge in [-0.25, -0.2) is 9.78 Å². The smallest absolute Gasteiger partial charge is 0.408 e. The number of hydrogen-bond donors (Lipinski definition) is 2. The molecule has 5 heteroatoms. The molecule has 1 aromatic heterocycles. The van der Waals surface area contributed by atoms with Crippen LogP contribution in [0.1, 0.15) is 28.7 Å². The first-order chi connectivity index (χ1) is 12.1. The number of H-pyrrole nitrogens is 1. The van der Waals surface area contributed by atoms with E-state index < -0.39 is 6.09 Å². The highest BCUT2D eigenvalue weighted by Crippen LogP contribution is 2.33. The first-order valence-corrected chi connectivity index (χ1v) is 8.32. The van der Waals surface area contributed by atoms with Crippen LogP contribution in [-0.2, 0) is 13.0 Å². The van der Waals surface area contributed by atoms with Crippen LogP contribution >= 0.6 is 0 Å². The molecule has 2 N–H and O–H groups in total. The molecule has 0 aliphatic carbocycles. The van der Waals surface area contributed by atoms with Gasteiger partial charge in [-0.3, -0.25) is 4.90 Å². The highest BCUT2D eigenvalue weighted by molar-refractivity contribution is 5.67. The number of imidazole rings is 1. The molecule has 1 atom stereocenters. The van der Waals surface area contributed by atoms with Crippen molar-refractivity contribution < 1.29 is 9.90 Å². The fourth-order valence-corrected chi connectivity index (χ4v) is 3.49. The van der Waals surface area contributed by atoms with Gasteiger partial charge in [-0.2, -0.15) is 0 Å². The van der Waals surface area contributed by atoms with Gasteiger partial charge in [-0.05, 0) is 18.1 Å². The van der Waals surface area contributed by atoms with E-state index in [1.165, 1.54) is 10.5 Å². The molecule has 2 aromatic carbocycles. The minimum absolute atomic E-state index is 0.302. The van der Waals surface area contributed by atoms with E-state index in [0.717, 1.165) is 22.5 Å². The van der Waals surface area contributed by atoms with E-state index in [2.05, 4.69) is 11.1 Å². The van der Waals surface area contributed by atoms with Gasteiger partial charge in [-0.15, -0.1) is 0 Å². The van der Waals surface area contributed by atoms with Crippen LogP contribution in [0.4, 0.5) is 4.79 Å². The molecule has 0 saturated carbocycles. The van der Waals surface area contributed by atoms with Crippen LogP contribution in [0.15, 0.2) is 54.6 Å². The lowest BCUT2D eigenvalue weighted by molar-refractivity contribution is 0.112. The largest absolute Gasteiger partial charge is 0.465 e. The van der Waals surface area contributed by atoms with Gasteiger partial charge in [0.25, 0.3) is 0 Å². The van der Waals surface area contributed by atoms with Crippen molar-refractivity contribution in [2.24, 2.45) is 0 Å². The van der Waals surface area contributed by atoms with Crippen molar-refractivity contribution in [1.82, 2.24) is 14.9 Å². The van der Waals surface area contributed by atoms with Crippen molar-refractivity contribution in [2.45, 2.75) is 25.9 Å². The van der Waals surface area contributed by atoms with Crippen LogP contribution in [0.5, 0.6) is 0 Å². The molecule has 25 heavy (non-hydrogen) atoms. The third-order valence-electron chi connectivity index (χ3n) is 4.76. The average Bonchev–Trinajstić information content (AvgIpc) is 3.03. The Balaban J connectivity index is 1.74. The second-order valence-electron chi connectivity index (χ2n) is 6.36. The zero-order chi connectivity index (χ0) is 17.4. The number of rotatable bonds is 2. The molecule has 1 aliphatic heterocycles. The number of fused-ring (bicyclic) bond motifs is 1. The molecule has 1 unspecified atom stereocenters. The van der Waals surface area contributed by atoms with Crippen molar-refractivity contribution in [3.63, 3.8) is 0 Å². The Bertz CT molecular complexity index is 918. The number of benzene rings is 2. The first-order valence-electron chi connectivity index (χ1n) is 8.32. The number of amides is 1. The third kappa shape index (κ3) is 2.78. The van der Waals surface area contributed by atoms with E-state index in [4.69, 9.17) is 4.98 Å². The minimum Gasteiger partial charge on any atom is -0.465 e. The van der Waals surface area contributed by atoms with Gasteiger partial charge in [0.1, 0.15) is 5.82 Å². The summed E-state index contributed by atoms with van der Waals surface area (Å²) < 4.78 is 0. The number of carbonyl (C=O) groups is 1. The van der Waals surface area contributed by atoms with Crippen LogP contribution in [0.2, 0.25) is 0 Å². The van der Waals surface area contributed by atoms with Crippen molar-refractivity contribution in [2.75, 3.05) is 0 Å². The number of carboxylic acid groups (broad SMARTS) is 1. The summed E-state index contributed by atoms with van der Waals surface area (Å²) in [7, 11) is 0. The minimum atomic E-state index is -0.921. The molecule has 0 saturated heterocycles. The Morgan fingerprint density at radius 1 is 1.12 bits per heavy atom. The van der Waals surface area contributed by atoms with Gasteiger partial charge in [0, 0.05) is 17.7 Å². The molecule has 1 amide bonds. The number of nitrogens with one attached hydrogen (secondary N) is 1. The third-order valence-corrected chi connectivity index (χ3v) is 4.76. The lowest BCUT2D eigenvalue weighted by Gasteiger charge is -2.33. The van der Waals surface area contributed by atoms with Crippen molar-refractivity contribution in [1.29, 1.82) is 0 Å². The number of aromatic nitrogens is 2. The molecule has 3 aromatic rings. The summed E-state index contributed by atoms with van der Waals surface area (Å²) in [6, 6.07) is 17.6. The summed E-state index contributed by atoms with van der Waals surface area (Å²) in [5, 5.41) is 9.67. The molecule has 0 spiro atoms. The first kappa shape index (κ1) is 15.4. The quantitative estimate of drug-likeness (QED) is 0.740. The summed E-state index contributed by atoms with van der Waals surface area (Å²) >= 11 is 0. The second kappa shape index (κ2) is 6.09. The topological polar surface area (TPSA) is 69.2 Å². The summed E-state index contributed by atoms with van der Waals surface area (Å²) in [4.78, 5) is 21.3. The van der Waals surface area contributed by atoms with Crippen molar-refractivity contribution >= 4 is 6.09 Å². The van der Waals surface area contributed by atoms with Gasteiger partial charge >= 0.3 is 6.09 Å². The summed E-state index contributed by atoms with van der Waals surface area (Å²) in [5.74, 6) is 0.702. The van der Waals surface area contributed by atoms with Gasteiger partial charge in [0.15, 0.2) is 0 Å². The van der Waals surface area contributed by atoms with Crippen LogP contribution < -0.4 is 0 Å². The van der Waals surface area contributed by atoms with Crippen molar-refractivity contribution in [3.8, 4) is 11.3 Å². The predicted octanol–water partition coefficient (Wildman–Crippen LogP) is 4.16. The molecule has 2 heterocycles. The SMILES string of the molecule is Cc1[nH]c(C2Cc3ccccc3CN2C(=O)O)nc1-c1ccccc1. The monoisotopic (exact) mass is 333 g/mol. The predicted molar refractivity (Wildman–Crippen MR) is 95.2 cm³/mol. The zero-order valence-corrected chi connectivity index (χ0v) is 13.9. The Morgan fingerprint density at radius 3 is 2.52 bits per heavy atom. The van der Waals surface area contributed by atoms with Gasteiger partial charge < -0.3 is 10.1 Å². The van der Waals surface area contributed by atoms with Crippen LogP contribution in [0.3, 0.4) is 0 Å². The molecule has 4 rings (SSSR count). The summed E-state index contributed by atoms with van der Waals surface area (Å²) in [5.41, 5.74) is 5.10. The summed E-state index contributed by atoms with van der Waals surface area (Å²) in [6.45, 7) is 2.36. The molecular formula is C20H19N3O2. The molecule has 5 nitrogen and oxygen atoms in total. The normalized spacial score (nSPS) is 16.5. The van der Waals surface area contributed by atoms with Crippen molar-refractivity contribution in [3.05, 3.63) is 77.2 Å². The van der Waals surface area contributed by atoms with Gasteiger partial charge in [-0.1, -0.05) is 54.6 Å². The number of hydrogen-bond acceptors (Lipinski definition) is 2. The maximum Gasteiger partial charge on any atom is 0.408 e. The van der Waals surface area contributed by atoms with Gasteiger partial charge in [0.05, 0.1) is 18.3 Å². The fraction of sp³-hybridized carbons (Fsp3) is 0.200. The Morgan fingerprint density at radius 2 is 1.80 bits per heavy atom. The highest BCUT2D eigenvalue weighted by atomic mass is 16.4. The second-order valence-corrected chi connectivity index (χ2v) is 6.36. The Labute approximate surface area is 146 Å². The van der Waals surface area contributed by atoms with Crippen LogP contribution in [0.25, 0.3) is 11.3 Å². The lowest BCUT2D eigenvalue weighted by atomic mass is 9.94. The number of nitrogens with zero attached hydrogens (tertiary/aromatic N) is 2. The summed E-state index contributed by atoms with van der Waals surface area (Å²) in [6.07, 6.45) is -0.293. The molecule has 0 radical (unpaired) electrons. The van der Waals surface area contributed by atoms with Crippen LogP contribution in [0, 0.1) is 6.92 Å². The maximum absolute atomic E-state index is 11.8. The highest BCUT2D eigenvalue weighted by Gasteiger charge is 2.33. The van der Waals surface area contributed by atoms with E-state index in [1.807, 2.05) is 55.5 Å². The standard InChI is InChI=1S/C20H19N3O2/c1-13-18(14-7-3-2-4-8-14)22-19(21-13)17-11-15-9-5-6-10-16(15)12-23(17)20(24)25/h2-10,17H,11-12H2,1H3,(H,21,22)(H,24,25). The maximum atomic E-state index is 11.8. The Hall–Kier alpha value is -3.08. The van der Waals surface area contributed by atoms with E-state index in [1.54, 1.807) is 0 Å². The van der Waals surface area contributed by atoms with Gasteiger partial charge in [0.2, 0.25) is 0 Å². The molecule has 1 aliphatic rings. The molecule has 126 valence electrons. The molecule has 0 bridgehead atoms. The number of aryl methyl sites for hydroxylation is 1. The molecular weight excluding hydrogens is 314 g/mol. The van der Waals surface area contributed by atoms with E-state index in [-0.39, 0.29) is 6.04 Å². The lowest BCUT2D eigenvalue weighted by Crippen LogP contribution is -2.38. The average molecular weight is 333 g/mol. The Kier molecular flexibility index (Phi) is 3.76. The van der Waals surface area contributed by atoms with E-state index in [9.17, 15) is 9.90 Å².